The molecule has 0 aromatic rings. The molecule has 4 heteroatoms. The molecule has 0 heterocycles. The maximum atomic E-state index is 11.6. The van der Waals surface area contributed by atoms with Crippen LogP contribution in [0.1, 0.15) is 26.2 Å². The number of allylic oxidation sites excluding steroid dienone is 2. The Morgan fingerprint density at radius 3 is 2.31 bits per heavy atom. The van der Waals surface area contributed by atoms with Crippen molar-refractivity contribution >= 4 is 11.9 Å². The minimum atomic E-state index is -0.815. The van der Waals surface area contributed by atoms with Crippen molar-refractivity contribution < 1.29 is 19.1 Å². The first-order valence-corrected chi connectivity index (χ1v) is 5.43. The van der Waals surface area contributed by atoms with Gasteiger partial charge in [-0.1, -0.05) is 11.6 Å². The third-order valence-corrected chi connectivity index (χ3v) is 2.95. The predicted octanol–water partition coefficient (Wildman–Crippen LogP) is 1.69. The molecule has 0 aromatic heterocycles. The molecule has 0 radical (unpaired) electrons. The molecule has 1 atom stereocenters. The van der Waals surface area contributed by atoms with E-state index in [9.17, 15) is 9.59 Å². The van der Waals surface area contributed by atoms with E-state index < -0.39 is 17.9 Å². The Morgan fingerprint density at radius 2 is 1.88 bits per heavy atom. The second-order valence-electron chi connectivity index (χ2n) is 4.09. The van der Waals surface area contributed by atoms with E-state index in [-0.39, 0.29) is 5.92 Å². The smallest absolute Gasteiger partial charge is 0.320 e. The molecule has 1 aliphatic carbocycles. The van der Waals surface area contributed by atoms with Gasteiger partial charge in [-0.2, -0.15) is 0 Å². The van der Waals surface area contributed by atoms with E-state index >= 15 is 0 Å². The van der Waals surface area contributed by atoms with Gasteiger partial charge in [-0.3, -0.25) is 9.59 Å². The molecule has 90 valence electrons. The van der Waals surface area contributed by atoms with E-state index in [2.05, 4.69) is 9.47 Å². The zero-order chi connectivity index (χ0) is 12.1. The van der Waals surface area contributed by atoms with Gasteiger partial charge in [-0.05, 0) is 26.2 Å². The highest BCUT2D eigenvalue weighted by Gasteiger charge is 2.36. The molecule has 16 heavy (non-hydrogen) atoms. The Morgan fingerprint density at radius 1 is 1.31 bits per heavy atom. The molecule has 4 nitrogen and oxygen atoms in total. The number of hydrogen-bond donors (Lipinski definition) is 0. The van der Waals surface area contributed by atoms with Crippen LogP contribution in [0.4, 0.5) is 0 Å². The van der Waals surface area contributed by atoms with Crippen LogP contribution in [-0.2, 0) is 19.1 Å². The summed E-state index contributed by atoms with van der Waals surface area (Å²) in [5.41, 5.74) is 1.22. The molecule has 1 unspecified atom stereocenters. The number of hydrogen-bond acceptors (Lipinski definition) is 4. The molecule has 0 saturated carbocycles. The topological polar surface area (TPSA) is 52.6 Å². The van der Waals surface area contributed by atoms with Crippen LogP contribution >= 0.6 is 0 Å². The first-order valence-electron chi connectivity index (χ1n) is 5.43. The van der Waals surface area contributed by atoms with Crippen molar-refractivity contribution in [3.8, 4) is 0 Å². The fourth-order valence-corrected chi connectivity index (χ4v) is 2.11. The quantitative estimate of drug-likeness (QED) is 0.417. The summed E-state index contributed by atoms with van der Waals surface area (Å²) in [5.74, 6) is -1.93. The lowest BCUT2D eigenvalue weighted by Gasteiger charge is -2.24. The van der Waals surface area contributed by atoms with Crippen molar-refractivity contribution in [2.24, 2.45) is 11.8 Å². The Balaban J connectivity index is 2.88. The van der Waals surface area contributed by atoms with Gasteiger partial charge in [0.25, 0.3) is 0 Å². The normalized spacial score (nSPS) is 20.2. The lowest BCUT2D eigenvalue weighted by atomic mass is 9.82. The number of carbonyl (C=O) groups is 2. The monoisotopic (exact) mass is 226 g/mol. The summed E-state index contributed by atoms with van der Waals surface area (Å²) in [6.07, 6.45) is 4.84. The molecular formula is C12H18O4. The van der Waals surface area contributed by atoms with E-state index in [0.717, 1.165) is 19.3 Å². The largest absolute Gasteiger partial charge is 0.468 e. The summed E-state index contributed by atoms with van der Waals surface area (Å²) >= 11 is 0. The lowest BCUT2D eigenvalue weighted by Crippen LogP contribution is -2.33. The summed E-state index contributed by atoms with van der Waals surface area (Å²) in [6, 6.07) is 0. The van der Waals surface area contributed by atoms with Crippen molar-refractivity contribution in [3.63, 3.8) is 0 Å². The molecule has 1 aliphatic rings. The first kappa shape index (κ1) is 12.7. The molecule has 0 aliphatic heterocycles. The highest BCUT2D eigenvalue weighted by atomic mass is 16.5. The minimum Gasteiger partial charge on any atom is -0.468 e. The second-order valence-corrected chi connectivity index (χ2v) is 4.09. The van der Waals surface area contributed by atoms with Crippen LogP contribution in [0.2, 0.25) is 0 Å². The van der Waals surface area contributed by atoms with Crippen LogP contribution in [0.25, 0.3) is 0 Å². The van der Waals surface area contributed by atoms with Gasteiger partial charge in [-0.15, -0.1) is 0 Å². The second kappa shape index (κ2) is 5.68. The number of esters is 2. The van der Waals surface area contributed by atoms with Crippen LogP contribution in [0.15, 0.2) is 11.6 Å². The van der Waals surface area contributed by atoms with Gasteiger partial charge in [0.05, 0.1) is 14.2 Å². The van der Waals surface area contributed by atoms with Crippen LogP contribution in [-0.4, -0.2) is 26.2 Å². The Labute approximate surface area is 95.6 Å². The molecule has 0 saturated heterocycles. The SMILES string of the molecule is COC(=O)C(C(=O)OC)C1C=C(C)CCC1. The molecule has 0 amide bonds. The average molecular weight is 226 g/mol. The molecule has 1 rings (SSSR count). The summed E-state index contributed by atoms with van der Waals surface area (Å²) < 4.78 is 9.31. The third-order valence-electron chi connectivity index (χ3n) is 2.95. The van der Waals surface area contributed by atoms with Crippen molar-refractivity contribution in [1.29, 1.82) is 0 Å². The summed E-state index contributed by atoms with van der Waals surface area (Å²) in [7, 11) is 2.58. The van der Waals surface area contributed by atoms with Gasteiger partial charge in [0, 0.05) is 5.92 Å². The Bertz CT molecular complexity index is 290. The molecule has 0 spiro atoms. The fraction of sp³-hybridized carbons (Fsp3) is 0.667. The van der Waals surface area contributed by atoms with Crippen LogP contribution in [0.5, 0.6) is 0 Å². The van der Waals surface area contributed by atoms with Gasteiger partial charge in [-0.25, -0.2) is 0 Å². The molecule has 0 aromatic carbocycles. The average Bonchev–Trinajstić information content (AvgIpc) is 2.29. The maximum absolute atomic E-state index is 11.6. The summed E-state index contributed by atoms with van der Waals surface area (Å²) in [6.45, 7) is 2.01. The van der Waals surface area contributed by atoms with Gasteiger partial charge < -0.3 is 9.47 Å². The van der Waals surface area contributed by atoms with Gasteiger partial charge in [0.2, 0.25) is 0 Å². The lowest BCUT2D eigenvalue weighted by molar-refractivity contribution is -0.160. The van der Waals surface area contributed by atoms with Crippen LogP contribution < -0.4 is 0 Å². The summed E-state index contributed by atoms with van der Waals surface area (Å²) in [5, 5.41) is 0. The number of carbonyl (C=O) groups excluding carboxylic acids is 2. The predicted molar refractivity (Wildman–Crippen MR) is 58.6 cm³/mol. The molecule has 0 bridgehead atoms. The Kier molecular flexibility index (Phi) is 4.52. The highest BCUT2D eigenvalue weighted by Crippen LogP contribution is 2.29. The fourth-order valence-electron chi connectivity index (χ4n) is 2.11. The van der Waals surface area contributed by atoms with E-state index in [4.69, 9.17) is 0 Å². The van der Waals surface area contributed by atoms with E-state index in [1.165, 1.54) is 19.8 Å². The zero-order valence-corrected chi connectivity index (χ0v) is 9.99. The van der Waals surface area contributed by atoms with Crippen molar-refractivity contribution in [3.05, 3.63) is 11.6 Å². The first-order chi connectivity index (χ1) is 7.60. The number of methoxy groups -OCH3 is 2. The zero-order valence-electron chi connectivity index (χ0n) is 9.99. The number of ether oxygens (including phenoxy) is 2. The molecule has 0 N–H and O–H groups in total. The van der Waals surface area contributed by atoms with E-state index in [0.29, 0.717) is 0 Å². The van der Waals surface area contributed by atoms with Gasteiger partial charge in [0.15, 0.2) is 5.92 Å². The maximum Gasteiger partial charge on any atom is 0.320 e. The van der Waals surface area contributed by atoms with Gasteiger partial charge in [0.1, 0.15) is 0 Å². The number of rotatable bonds is 3. The highest BCUT2D eigenvalue weighted by molar-refractivity contribution is 5.95. The molecular weight excluding hydrogens is 208 g/mol. The van der Waals surface area contributed by atoms with Crippen LogP contribution in [0, 0.1) is 11.8 Å². The van der Waals surface area contributed by atoms with Gasteiger partial charge >= 0.3 is 11.9 Å². The van der Waals surface area contributed by atoms with Crippen molar-refractivity contribution in [2.45, 2.75) is 26.2 Å². The molecule has 0 fully saturated rings. The summed E-state index contributed by atoms with van der Waals surface area (Å²) in [4.78, 5) is 23.1. The van der Waals surface area contributed by atoms with Crippen molar-refractivity contribution in [1.82, 2.24) is 0 Å². The van der Waals surface area contributed by atoms with Crippen LogP contribution in [0.3, 0.4) is 0 Å². The van der Waals surface area contributed by atoms with E-state index in [1.54, 1.807) is 0 Å². The van der Waals surface area contributed by atoms with E-state index in [1.807, 2.05) is 13.0 Å². The Hall–Kier alpha value is -1.32. The minimum absolute atomic E-state index is 0.0892. The van der Waals surface area contributed by atoms with Crippen molar-refractivity contribution in [2.75, 3.05) is 14.2 Å². The standard InChI is InChI=1S/C12H18O4/c1-8-5-4-6-9(7-8)10(11(13)15-2)12(14)16-3/h7,9-10H,4-6H2,1-3H3. The third kappa shape index (κ3) is 2.84.